The van der Waals surface area contributed by atoms with Gasteiger partial charge < -0.3 is 41.5 Å². The highest BCUT2D eigenvalue weighted by Gasteiger charge is 2.30. The molecule has 1 aromatic heterocycles. The summed E-state index contributed by atoms with van der Waals surface area (Å²) in [6.45, 7) is -0.443. The highest BCUT2D eigenvalue weighted by atomic mass is 16.5. The number of hydrogen-bond acceptors (Lipinski definition) is 9. The Morgan fingerprint density at radius 3 is 2.65 bits per heavy atom. The molecular formula is C13H20N6O7. The van der Waals surface area contributed by atoms with Crippen LogP contribution in [0.25, 0.3) is 0 Å². The first kappa shape index (κ1) is 19.6. The van der Waals surface area contributed by atoms with E-state index in [-0.39, 0.29) is 24.2 Å². The van der Waals surface area contributed by atoms with Gasteiger partial charge in [0.05, 0.1) is 25.2 Å². The number of carbonyl (C=O) groups is 3. The summed E-state index contributed by atoms with van der Waals surface area (Å²) in [4.78, 5) is 38.1. The van der Waals surface area contributed by atoms with Gasteiger partial charge in [-0.15, -0.1) is 0 Å². The molecule has 0 aromatic carbocycles. The molecule has 13 heteroatoms. The summed E-state index contributed by atoms with van der Waals surface area (Å²) in [5, 5.41) is 38.3. The average molecular weight is 372 g/mol. The summed E-state index contributed by atoms with van der Waals surface area (Å²) >= 11 is 0. The number of primary amides is 1. The maximum Gasteiger partial charge on any atom is 0.328 e. The fourth-order valence-corrected chi connectivity index (χ4v) is 2.39. The van der Waals surface area contributed by atoms with E-state index in [4.69, 9.17) is 20.5 Å². The van der Waals surface area contributed by atoms with Crippen molar-refractivity contribution in [2.24, 2.45) is 5.73 Å². The van der Waals surface area contributed by atoms with Crippen LogP contribution in [0.4, 0.5) is 4.79 Å². The highest BCUT2D eigenvalue weighted by Crippen LogP contribution is 2.23. The molecule has 0 bridgehead atoms. The van der Waals surface area contributed by atoms with E-state index in [0.29, 0.717) is 13.0 Å². The third-order valence-electron chi connectivity index (χ3n) is 3.67. The molecular weight excluding hydrogens is 352 g/mol. The Labute approximate surface area is 146 Å². The van der Waals surface area contributed by atoms with Gasteiger partial charge in [0.1, 0.15) is 6.04 Å². The van der Waals surface area contributed by atoms with Gasteiger partial charge in [-0.2, -0.15) is 4.98 Å². The van der Waals surface area contributed by atoms with Crippen molar-refractivity contribution < 1.29 is 34.2 Å². The summed E-state index contributed by atoms with van der Waals surface area (Å²) in [5.74, 6) is -2.05. The molecule has 0 saturated carbocycles. The Balaban J connectivity index is 2.07. The number of aliphatic hydroxyl groups is 2. The predicted octanol–water partition coefficient (Wildman–Crippen LogP) is -2.87. The first-order valence-corrected chi connectivity index (χ1v) is 7.74. The molecule has 1 saturated heterocycles. The van der Waals surface area contributed by atoms with Crippen molar-refractivity contribution in [3.05, 3.63) is 11.7 Å². The van der Waals surface area contributed by atoms with Gasteiger partial charge >= 0.3 is 12.0 Å². The van der Waals surface area contributed by atoms with E-state index in [1.165, 1.54) is 0 Å². The Bertz CT molecular complexity index is 665. The van der Waals surface area contributed by atoms with Crippen LogP contribution in [0.2, 0.25) is 0 Å². The fourth-order valence-electron chi connectivity index (χ4n) is 2.39. The molecule has 1 aliphatic heterocycles. The molecule has 0 radical (unpaired) electrons. The quantitative estimate of drug-likeness (QED) is 0.247. The number of carboxylic acids is 1. The van der Waals surface area contributed by atoms with Crippen LogP contribution in [0.5, 0.6) is 0 Å². The van der Waals surface area contributed by atoms with E-state index < -0.39 is 42.7 Å². The molecule has 144 valence electrons. The maximum absolute atomic E-state index is 11.9. The number of nitrogens with two attached hydrogens (primary N) is 1. The topological polar surface area (TPSA) is 213 Å². The van der Waals surface area contributed by atoms with Crippen LogP contribution in [0.15, 0.2) is 4.52 Å². The van der Waals surface area contributed by atoms with Crippen LogP contribution in [0.3, 0.4) is 0 Å². The number of amides is 3. The molecule has 3 amide bonds. The number of aliphatic carboxylic acids is 1. The normalized spacial score (nSPS) is 21.8. The molecule has 2 heterocycles. The maximum atomic E-state index is 11.9. The van der Waals surface area contributed by atoms with Crippen LogP contribution in [0, 0.1) is 0 Å². The lowest BCUT2D eigenvalue weighted by molar-refractivity contribution is -0.140. The number of carboxylic acid groups (broad SMARTS) is 1. The van der Waals surface area contributed by atoms with Gasteiger partial charge in [0, 0.05) is 6.54 Å². The zero-order chi connectivity index (χ0) is 19.3. The number of nitrogens with one attached hydrogen (secondary N) is 3. The standard InChI is InChI=1S/C13H20N6O7/c14-9(22)2-7(16-13(25)17-8(4-20)12(23)24)11-18-10(19-26-11)6-1-5(21)3-15-6/h5-8,15,20-21H,1-4H2,(H2,14,22)(H,23,24)(H2,16,17,25)/t5-,6+,7?,8?/m1/s1. The first-order chi connectivity index (χ1) is 12.3. The van der Waals surface area contributed by atoms with Crippen molar-refractivity contribution in [2.75, 3.05) is 13.2 Å². The lowest BCUT2D eigenvalue weighted by Gasteiger charge is -2.16. The van der Waals surface area contributed by atoms with Gasteiger partial charge in [0.25, 0.3) is 0 Å². The van der Waals surface area contributed by atoms with E-state index in [9.17, 15) is 19.5 Å². The smallest absolute Gasteiger partial charge is 0.328 e. The second-order valence-corrected chi connectivity index (χ2v) is 5.76. The summed E-state index contributed by atoms with van der Waals surface area (Å²) in [7, 11) is 0. The van der Waals surface area contributed by atoms with Crippen LogP contribution in [-0.4, -0.2) is 68.7 Å². The second kappa shape index (κ2) is 8.55. The number of carbonyl (C=O) groups excluding carboxylic acids is 2. The lowest BCUT2D eigenvalue weighted by atomic mass is 10.2. The monoisotopic (exact) mass is 372 g/mol. The van der Waals surface area contributed by atoms with Crippen molar-refractivity contribution in [2.45, 2.75) is 37.1 Å². The van der Waals surface area contributed by atoms with Gasteiger partial charge in [-0.05, 0) is 6.42 Å². The summed E-state index contributed by atoms with van der Waals surface area (Å²) in [6.07, 6.45) is -0.532. The molecule has 0 spiro atoms. The van der Waals surface area contributed by atoms with E-state index in [1.54, 1.807) is 0 Å². The van der Waals surface area contributed by atoms with E-state index >= 15 is 0 Å². The number of hydrogen-bond donors (Lipinski definition) is 7. The molecule has 2 unspecified atom stereocenters. The number of aromatic nitrogens is 2. The van der Waals surface area contributed by atoms with Crippen LogP contribution >= 0.6 is 0 Å². The van der Waals surface area contributed by atoms with Crippen molar-refractivity contribution in [3.63, 3.8) is 0 Å². The largest absolute Gasteiger partial charge is 0.480 e. The Hall–Kier alpha value is -2.77. The van der Waals surface area contributed by atoms with E-state index in [2.05, 4.69) is 20.8 Å². The minimum atomic E-state index is -1.52. The summed E-state index contributed by atoms with van der Waals surface area (Å²) < 4.78 is 5.06. The van der Waals surface area contributed by atoms with E-state index in [1.807, 2.05) is 5.32 Å². The highest BCUT2D eigenvalue weighted by molar-refractivity contribution is 5.83. The molecule has 13 nitrogen and oxygen atoms in total. The summed E-state index contributed by atoms with van der Waals surface area (Å²) in [6, 6.07) is -3.91. The van der Waals surface area contributed by atoms with Gasteiger partial charge in [-0.3, -0.25) is 4.79 Å². The minimum Gasteiger partial charge on any atom is -0.480 e. The predicted molar refractivity (Wildman–Crippen MR) is 82.4 cm³/mol. The van der Waals surface area contributed by atoms with Gasteiger partial charge in [0.15, 0.2) is 11.9 Å². The van der Waals surface area contributed by atoms with Gasteiger partial charge in [0.2, 0.25) is 11.8 Å². The third-order valence-corrected chi connectivity index (χ3v) is 3.67. The van der Waals surface area contributed by atoms with Crippen molar-refractivity contribution in [1.82, 2.24) is 26.1 Å². The molecule has 1 aromatic rings. The van der Waals surface area contributed by atoms with Crippen LogP contribution in [-0.2, 0) is 9.59 Å². The van der Waals surface area contributed by atoms with Crippen LogP contribution in [0.1, 0.15) is 36.6 Å². The summed E-state index contributed by atoms with van der Waals surface area (Å²) in [5.41, 5.74) is 5.15. The lowest BCUT2D eigenvalue weighted by Crippen LogP contribution is -2.49. The zero-order valence-corrected chi connectivity index (χ0v) is 13.6. The molecule has 8 N–H and O–H groups in total. The van der Waals surface area contributed by atoms with Gasteiger partial charge in [-0.25, -0.2) is 9.59 Å². The molecule has 0 aliphatic carbocycles. The number of rotatable bonds is 8. The number of nitrogens with zero attached hydrogens (tertiary/aromatic N) is 2. The Morgan fingerprint density at radius 2 is 2.12 bits per heavy atom. The van der Waals surface area contributed by atoms with Crippen LogP contribution < -0.4 is 21.7 Å². The molecule has 1 fully saturated rings. The Kier molecular flexibility index (Phi) is 6.43. The van der Waals surface area contributed by atoms with Crippen molar-refractivity contribution in [3.8, 4) is 0 Å². The van der Waals surface area contributed by atoms with Crippen molar-refractivity contribution >= 4 is 17.9 Å². The van der Waals surface area contributed by atoms with Gasteiger partial charge in [-0.1, -0.05) is 5.16 Å². The SMILES string of the molecule is NC(=O)CC(NC(=O)NC(CO)C(=O)O)c1nc([C@@H]2C[C@@H](O)CN2)no1. The Morgan fingerprint density at radius 1 is 1.38 bits per heavy atom. The first-order valence-electron chi connectivity index (χ1n) is 7.74. The average Bonchev–Trinajstić information content (AvgIpc) is 3.20. The number of β-amino-alcohol motifs (C(OH)–C–C–N with tert-alkyl or cyclic N) is 1. The fraction of sp³-hybridized carbons (Fsp3) is 0.615. The molecule has 2 rings (SSSR count). The number of urea groups is 1. The van der Waals surface area contributed by atoms with Crippen molar-refractivity contribution in [1.29, 1.82) is 0 Å². The van der Waals surface area contributed by atoms with E-state index in [0.717, 1.165) is 0 Å². The molecule has 1 aliphatic rings. The molecule has 4 atom stereocenters. The zero-order valence-electron chi connectivity index (χ0n) is 13.6. The molecule has 26 heavy (non-hydrogen) atoms. The minimum absolute atomic E-state index is 0.104. The third kappa shape index (κ3) is 5.11. The number of aliphatic hydroxyl groups excluding tert-OH is 2. The second-order valence-electron chi connectivity index (χ2n) is 5.76.